The van der Waals surface area contributed by atoms with Gasteiger partial charge in [0.15, 0.2) is 0 Å². The molecule has 0 fully saturated rings. The van der Waals surface area contributed by atoms with Crippen LogP contribution in [0.4, 0.5) is 0 Å². The Bertz CT molecular complexity index is 1270. The maximum atomic E-state index is 12.5. The Morgan fingerprint density at radius 1 is 0.333 bits per heavy atom. The lowest BCUT2D eigenvalue weighted by atomic mass is 10.0. The van der Waals surface area contributed by atoms with Gasteiger partial charge < -0.3 is 20.3 Å². The standard InChI is InChI=1S/C75H145NO5/c1-3-5-7-9-11-13-15-17-18-41-45-49-53-57-61-65-69-75(80)81-70-66-62-58-54-50-46-42-39-37-35-33-31-29-27-25-23-21-19-20-22-24-26-28-30-32-34-36-38-40-44-48-52-56-60-64-68-74(79)76-72(71-77)73(78)67-63-59-55-51-47-43-16-14-12-10-8-6-4-2/h18,21,23,41,72-73,77-78H,3-17,19-20,22,24-40,42-71H2,1-2H3,(H,76,79)/b23-21-,41-18-. The van der Waals surface area contributed by atoms with Gasteiger partial charge in [0.25, 0.3) is 0 Å². The van der Waals surface area contributed by atoms with E-state index in [-0.39, 0.29) is 18.5 Å². The van der Waals surface area contributed by atoms with Crippen molar-refractivity contribution in [2.75, 3.05) is 13.2 Å². The van der Waals surface area contributed by atoms with Gasteiger partial charge in [0.2, 0.25) is 5.91 Å². The lowest BCUT2D eigenvalue weighted by Crippen LogP contribution is -2.45. The van der Waals surface area contributed by atoms with Crippen molar-refractivity contribution in [3.05, 3.63) is 24.3 Å². The van der Waals surface area contributed by atoms with Gasteiger partial charge in [-0.1, -0.05) is 353 Å². The molecule has 0 aliphatic carbocycles. The van der Waals surface area contributed by atoms with Gasteiger partial charge in [-0.05, 0) is 77.0 Å². The fraction of sp³-hybridized carbons (Fsp3) is 0.920. The van der Waals surface area contributed by atoms with Crippen molar-refractivity contribution in [3.63, 3.8) is 0 Å². The molecule has 0 spiro atoms. The number of unbranched alkanes of at least 4 members (excludes halogenated alkanes) is 55. The van der Waals surface area contributed by atoms with Crippen molar-refractivity contribution in [1.29, 1.82) is 0 Å². The molecule has 0 aliphatic heterocycles. The van der Waals surface area contributed by atoms with Crippen LogP contribution in [0, 0.1) is 0 Å². The van der Waals surface area contributed by atoms with E-state index >= 15 is 0 Å². The van der Waals surface area contributed by atoms with Crippen molar-refractivity contribution in [2.24, 2.45) is 0 Å². The summed E-state index contributed by atoms with van der Waals surface area (Å²) in [5.41, 5.74) is 0. The van der Waals surface area contributed by atoms with E-state index in [9.17, 15) is 19.8 Å². The van der Waals surface area contributed by atoms with Crippen molar-refractivity contribution in [1.82, 2.24) is 5.32 Å². The minimum absolute atomic E-state index is 0.0135. The van der Waals surface area contributed by atoms with Gasteiger partial charge in [-0.3, -0.25) is 9.59 Å². The fourth-order valence-electron chi connectivity index (χ4n) is 11.8. The molecule has 6 heteroatoms. The normalized spacial score (nSPS) is 12.6. The highest BCUT2D eigenvalue weighted by molar-refractivity contribution is 5.76. The van der Waals surface area contributed by atoms with Crippen LogP contribution < -0.4 is 5.32 Å². The molecule has 0 aromatic heterocycles. The van der Waals surface area contributed by atoms with E-state index in [0.29, 0.717) is 25.9 Å². The summed E-state index contributed by atoms with van der Waals surface area (Å²) < 4.78 is 5.50. The van der Waals surface area contributed by atoms with E-state index in [2.05, 4.69) is 43.5 Å². The summed E-state index contributed by atoms with van der Waals surface area (Å²) >= 11 is 0. The summed E-state index contributed by atoms with van der Waals surface area (Å²) in [6.45, 7) is 4.98. The molecular formula is C75H145NO5. The molecule has 3 N–H and O–H groups in total. The van der Waals surface area contributed by atoms with Crippen LogP contribution in [0.25, 0.3) is 0 Å². The van der Waals surface area contributed by atoms with E-state index in [4.69, 9.17) is 4.74 Å². The van der Waals surface area contributed by atoms with E-state index in [1.807, 2.05) is 0 Å². The van der Waals surface area contributed by atoms with E-state index < -0.39 is 12.1 Å². The molecule has 0 aromatic carbocycles. The topological polar surface area (TPSA) is 95.9 Å². The Labute approximate surface area is 507 Å². The average molecular weight is 1140 g/mol. The number of esters is 1. The largest absolute Gasteiger partial charge is 0.466 e. The SMILES string of the molecule is CCCCCCCCC/C=C\CCCCCCCC(=O)OCCCCCCCCCCCCCCCC/C=C\CCCCCCCCCCCCCCCCCCCC(=O)NC(CO)C(O)CCCCCCCCCCCCCCC. The minimum atomic E-state index is -0.661. The molecule has 6 nitrogen and oxygen atoms in total. The summed E-state index contributed by atoms with van der Waals surface area (Å²) in [5, 5.41) is 23.3. The fourth-order valence-corrected chi connectivity index (χ4v) is 11.8. The Kier molecular flexibility index (Phi) is 69.4. The van der Waals surface area contributed by atoms with Crippen LogP contribution in [0.15, 0.2) is 24.3 Å². The third-order valence-corrected chi connectivity index (χ3v) is 17.5. The van der Waals surface area contributed by atoms with Crippen molar-refractivity contribution in [2.45, 2.75) is 431 Å². The number of aliphatic hydroxyl groups is 2. The lowest BCUT2D eigenvalue weighted by molar-refractivity contribution is -0.143. The van der Waals surface area contributed by atoms with Gasteiger partial charge >= 0.3 is 5.97 Å². The summed E-state index contributed by atoms with van der Waals surface area (Å²) in [4.78, 5) is 24.6. The second-order valence-corrected chi connectivity index (χ2v) is 25.6. The van der Waals surface area contributed by atoms with Crippen LogP contribution in [0.3, 0.4) is 0 Å². The number of hydrogen-bond donors (Lipinski definition) is 3. The highest BCUT2D eigenvalue weighted by Crippen LogP contribution is 2.19. The first-order valence-electron chi connectivity index (χ1n) is 37.1. The van der Waals surface area contributed by atoms with Gasteiger partial charge in [0.1, 0.15) is 0 Å². The van der Waals surface area contributed by atoms with E-state index in [1.54, 1.807) is 0 Å². The van der Waals surface area contributed by atoms with E-state index in [0.717, 1.165) is 44.9 Å². The van der Waals surface area contributed by atoms with Crippen LogP contribution >= 0.6 is 0 Å². The Morgan fingerprint density at radius 2 is 0.580 bits per heavy atom. The first kappa shape index (κ1) is 79.3. The molecule has 0 aromatic rings. The third-order valence-electron chi connectivity index (χ3n) is 17.5. The maximum absolute atomic E-state index is 12.5. The Morgan fingerprint density at radius 3 is 0.877 bits per heavy atom. The van der Waals surface area contributed by atoms with Crippen LogP contribution in [0.5, 0.6) is 0 Å². The van der Waals surface area contributed by atoms with Crippen LogP contribution in [-0.2, 0) is 14.3 Å². The number of allylic oxidation sites excluding steroid dienone is 4. The second-order valence-electron chi connectivity index (χ2n) is 25.6. The molecular weight excluding hydrogens is 995 g/mol. The zero-order valence-electron chi connectivity index (χ0n) is 55.0. The van der Waals surface area contributed by atoms with Crippen LogP contribution in [0.1, 0.15) is 418 Å². The first-order chi connectivity index (χ1) is 40.0. The maximum Gasteiger partial charge on any atom is 0.305 e. The number of nitrogens with one attached hydrogen (secondary N) is 1. The van der Waals surface area contributed by atoms with Gasteiger partial charge in [0.05, 0.1) is 25.4 Å². The molecule has 0 rings (SSSR count). The summed E-state index contributed by atoms with van der Waals surface area (Å²) in [5.74, 6) is -0.0156. The molecule has 0 radical (unpaired) electrons. The number of carbonyl (C=O) groups is 2. The van der Waals surface area contributed by atoms with Gasteiger partial charge in [-0.2, -0.15) is 0 Å². The zero-order valence-corrected chi connectivity index (χ0v) is 55.0. The van der Waals surface area contributed by atoms with Crippen molar-refractivity contribution < 1.29 is 24.5 Å². The Balaban J connectivity index is 3.32. The average Bonchev–Trinajstić information content (AvgIpc) is 3.47. The van der Waals surface area contributed by atoms with Crippen molar-refractivity contribution in [3.8, 4) is 0 Å². The molecule has 2 atom stereocenters. The number of rotatable bonds is 70. The third kappa shape index (κ3) is 67.3. The molecule has 0 heterocycles. The molecule has 81 heavy (non-hydrogen) atoms. The predicted octanol–water partition coefficient (Wildman–Crippen LogP) is 24.1. The number of amides is 1. The van der Waals surface area contributed by atoms with Crippen LogP contribution in [0.2, 0.25) is 0 Å². The number of carbonyl (C=O) groups excluding carboxylic acids is 2. The second kappa shape index (κ2) is 70.8. The molecule has 2 unspecified atom stereocenters. The molecule has 480 valence electrons. The smallest absolute Gasteiger partial charge is 0.305 e. The highest BCUT2D eigenvalue weighted by Gasteiger charge is 2.20. The van der Waals surface area contributed by atoms with Crippen molar-refractivity contribution >= 4 is 11.9 Å². The summed E-state index contributed by atoms with van der Waals surface area (Å²) in [6, 6.07) is -0.538. The van der Waals surface area contributed by atoms with Gasteiger partial charge in [0, 0.05) is 12.8 Å². The number of hydrogen-bond acceptors (Lipinski definition) is 5. The summed E-state index contributed by atoms with van der Waals surface area (Å²) in [6.07, 6.45) is 89.7. The predicted molar refractivity (Wildman–Crippen MR) is 356 cm³/mol. The molecule has 0 bridgehead atoms. The quantitative estimate of drug-likeness (QED) is 0.0320. The highest BCUT2D eigenvalue weighted by atomic mass is 16.5. The molecule has 0 saturated carbocycles. The molecule has 0 aliphatic rings. The van der Waals surface area contributed by atoms with Gasteiger partial charge in [-0.15, -0.1) is 0 Å². The van der Waals surface area contributed by atoms with Gasteiger partial charge in [-0.25, -0.2) is 0 Å². The minimum Gasteiger partial charge on any atom is -0.466 e. The molecule has 0 saturated heterocycles. The van der Waals surface area contributed by atoms with E-state index in [1.165, 1.54) is 340 Å². The lowest BCUT2D eigenvalue weighted by Gasteiger charge is -2.22. The first-order valence-corrected chi connectivity index (χ1v) is 37.1. The Hall–Kier alpha value is -1.66. The summed E-state index contributed by atoms with van der Waals surface area (Å²) in [7, 11) is 0. The number of ether oxygens (including phenoxy) is 1. The zero-order chi connectivity index (χ0) is 58.5. The van der Waals surface area contributed by atoms with Crippen LogP contribution in [-0.4, -0.2) is 47.4 Å². The molecule has 1 amide bonds. The monoisotopic (exact) mass is 1140 g/mol. The number of aliphatic hydroxyl groups excluding tert-OH is 2.